The number of nitrogens with zero attached hydrogens (tertiary/aromatic N) is 1. The summed E-state index contributed by atoms with van der Waals surface area (Å²) in [4.78, 5) is 4.53. The molecule has 0 aromatic carbocycles. The smallest absolute Gasteiger partial charge is 0.157 e. The molecule has 1 N–H and O–H groups in total. The Morgan fingerprint density at radius 2 is 2.20 bits per heavy atom. The summed E-state index contributed by atoms with van der Waals surface area (Å²) in [5.74, 6) is 1.74. The predicted molar refractivity (Wildman–Crippen MR) is 68.5 cm³/mol. The highest BCUT2D eigenvalue weighted by Crippen LogP contribution is 2.34. The van der Waals surface area contributed by atoms with Crippen molar-refractivity contribution >= 4 is 16.9 Å². The molecule has 0 aromatic heterocycles. The van der Waals surface area contributed by atoms with Crippen molar-refractivity contribution < 1.29 is 0 Å². The molecule has 15 heavy (non-hydrogen) atoms. The van der Waals surface area contributed by atoms with Crippen LogP contribution in [-0.2, 0) is 0 Å². The molecule has 0 spiro atoms. The molecule has 2 nitrogen and oxygen atoms in total. The van der Waals surface area contributed by atoms with E-state index in [2.05, 4.69) is 31.1 Å². The van der Waals surface area contributed by atoms with Gasteiger partial charge in [-0.3, -0.25) is 4.99 Å². The summed E-state index contributed by atoms with van der Waals surface area (Å²) in [5, 5.41) is 5.50. The third kappa shape index (κ3) is 2.49. The lowest BCUT2D eigenvalue weighted by atomic mass is 9.94. The molecule has 86 valence electrons. The quantitative estimate of drug-likeness (QED) is 0.783. The zero-order valence-corrected chi connectivity index (χ0v) is 10.8. The van der Waals surface area contributed by atoms with E-state index in [1.54, 1.807) is 0 Å². The molecule has 2 rings (SSSR count). The van der Waals surface area contributed by atoms with Crippen LogP contribution in [0.3, 0.4) is 0 Å². The Hall–Kier alpha value is -0.180. The van der Waals surface area contributed by atoms with Gasteiger partial charge in [-0.25, -0.2) is 0 Å². The normalized spacial score (nSPS) is 40.6. The first-order chi connectivity index (χ1) is 7.20. The van der Waals surface area contributed by atoms with Gasteiger partial charge in [0, 0.05) is 11.3 Å². The van der Waals surface area contributed by atoms with Crippen LogP contribution < -0.4 is 5.32 Å². The van der Waals surface area contributed by atoms with E-state index in [-0.39, 0.29) is 0 Å². The van der Waals surface area contributed by atoms with Crippen molar-refractivity contribution in [2.24, 2.45) is 16.8 Å². The second-order valence-corrected chi connectivity index (χ2v) is 6.36. The van der Waals surface area contributed by atoms with Gasteiger partial charge in [-0.1, -0.05) is 39.0 Å². The summed E-state index contributed by atoms with van der Waals surface area (Å²) < 4.78 is 0. The second-order valence-electron chi connectivity index (χ2n) is 4.93. The standard InChI is InChI=1S/C12H22N2S/c1-4-10-5-6-11(9(10)3)14-12-13-7-8(2)15-12/h8-11H,4-7H2,1-3H3,(H,13,14). The molecule has 1 aliphatic heterocycles. The van der Waals surface area contributed by atoms with Crippen LogP contribution in [0.15, 0.2) is 4.99 Å². The van der Waals surface area contributed by atoms with Crippen LogP contribution >= 0.6 is 11.8 Å². The van der Waals surface area contributed by atoms with Gasteiger partial charge >= 0.3 is 0 Å². The third-order valence-corrected chi connectivity index (χ3v) is 4.89. The molecule has 1 aliphatic carbocycles. The van der Waals surface area contributed by atoms with E-state index in [1.165, 1.54) is 24.4 Å². The highest BCUT2D eigenvalue weighted by Gasteiger charge is 2.32. The monoisotopic (exact) mass is 226 g/mol. The molecule has 0 amide bonds. The summed E-state index contributed by atoms with van der Waals surface area (Å²) in [6.07, 6.45) is 4.05. The van der Waals surface area contributed by atoms with Crippen molar-refractivity contribution in [2.45, 2.75) is 51.3 Å². The average molecular weight is 226 g/mol. The van der Waals surface area contributed by atoms with Gasteiger partial charge in [-0.2, -0.15) is 0 Å². The fourth-order valence-corrected chi connectivity index (χ4v) is 3.64. The molecular formula is C12H22N2S. The minimum Gasteiger partial charge on any atom is -0.362 e. The van der Waals surface area contributed by atoms with E-state index in [0.717, 1.165) is 18.4 Å². The lowest BCUT2D eigenvalue weighted by molar-refractivity contribution is 0.369. The summed E-state index contributed by atoms with van der Waals surface area (Å²) in [5.41, 5.74) is 0. The van der Waals surface area contributed by atoms with Crippen LogP contribution in [0, 0.1) is 11.8 Å². The van der Waals surface area contributed by atoms with Crippen LogP contribution in [0.4, 0.5) is 0 Å². The Kier molecular flexibility index (Phi) is 3.60. The van der Waals surface area contributed by atoms with Crippen molar-refractivity contribution in [3.8, 4) is 0 Å². The predicted octanol–water partition coefficient (Wildman–Crippen LogP) is 2.89. The van der Waals surface area contributed by atoms with Gasteiger partial charge in [-0.05, 0) is 24.7 Å². The van der Waals surface area contributed by atoms with E-state index in [1.807, 2.05) is 11.8 Å². The topological polar surface area (TPSA) is 24.4 Å². The first-order valence-electron chi connectivity index (χ1n) is 6.18. The van der Waals surface area contributed by atoms with Crippen molar-refractivity contribution in [2.75, 3.05) is 6.54 Å². The minimum absolute atomic E-state index is 0.672. The van der Waals surface area contributed by atoms with Gasteiger partial charge < -0.3 is 5.32 Å². The van der Waals surface area contributed by atoms with E-state index >= 15 is 0 Å². The Morgan fingerprint density at radius 1 is 1.40 bits per heavy atom. The van der Waals surface area contributed by atoms with E-state index in [4.69, 9.17) is 0 Å². The van der Waals surface area contributed by atoms with Crippen molar-refractivity contribution in [3.05, 3.63) is 0 Å². The molecule has 2 aliphatic rings. The molecule has 0 radical (unpaired) electrons. The summed E-state index contributed by atoms with van der Waals surface area (Å²) >= 11 is 1.90. The number of thioether (sulfide) groups is 1. The molecule has 0 aromatic rings. The van der Waals surface area contributed by atoms with E-state index in [9.17, 15) is 0 Å². The highest BCUT2D eigenvalue weighted by atomic mass is 32.2. The number of aliphatic imine (C=N–C) groups is 1. The van der Waals surface area contributed by atoms with Crippen LogP contribution in [0.5, 0.6) is 0 Å². The molecule has 4 atom stereocenters. The average Bonchev–Trinajstić information content (AvgIpc) is 2.76. The number of hydrogen-bond acceptors (Lipinski definition) is 3. The molecular weight excluding hydrogens is 204 g/mol. The zero-order valence-electron chi connectivity index (χ0n) is 9.99. The largest absolute Gasteiger partial charge is 0.362 e. The van der Waals surface area contributed by atoms with Crippen molar-refractivity contribution in [1.82, 2.24) is 5.32 Å². The summed E-state index contributed by atoms with van der Waals surface area (Å²) in [6.45, 7) is 7.94. The lowest BCUT2D eigenvalue weighted by Gasteiger charge is -2.21. The van der Waals surface area contributed by atoms with Crippen LogP contribution in [0.1, 0.15) is 40.0 Å². The molecule has 1 fully saturated rings. The molecule has 0 bridgehead atoms. The fraction of sp³-hybridized carbons (Fsp3) is 0.917. The number of nitrogens with one attached hydrogen (secondary N) is 1. The molecule has 3 heteroatoms. The molecule has 1 saturated carbocycles. The number of amidine groups is 1. The van der Waals surface area contributed by atoms with E-state index < -0.39 is 0 Å². The maximum Gasteiger partial charge on any atom is 0.157 e. The van der Waals surface area contributed by atoms with Gasteiger partial charge in [0.05, 0.1) is 6.54 Å². The van der Waals surface area contributed by atoms with Crippen molar-refractivity contribution in [3.63, 3.8) is 0 Å². The summed E-state index contributed by atoms with van der Waals surface area (Å²) in [7, 11) is 0. The first kappa shape index (κ1) is 11.3. The van der Waals surface area contributed by atoms with Crippen LogP contribution in [-0.4, -0.2) is 23.0 Å². The number of hydrogen-bond donors (Lipinski definition) is 1. The maximum atomic E-state index is 4.53. The third-order valence-electron chi connectivity index (χ3n) is 3.86. The zero-order chi connectivity index (χ0) is 10.8. The SMILES string of the molecule is CCC1CCC(NC2=NCC(C)S2)C1C. The van der Waals surface area contributed by atoms with Gasteiger partial charge in [-0.15, -0.1) is 0 Å². The fourth-order valence-electron chi connectivity index (χ4n) is 2.74. The highest BCUT2D eigenvalue weighted by molar-refractivity contribution is 8.14. The second kappa shape index (κ2) is 4.77. The molecule has 1 heterocycles. The van der Waals surface area contributed by atoms with E-state index in [0.29, 0.717) is 11.3 Å². The molecule has 0 saturated heterocycles. The number of rotatable bonds is 2. The van der Waals surface area contributed by atoms with Gasteiger partial charge in [0.2, 0.25) is 0 Å². The van der Waals surface area contributed by atoms with Gasteiger partial charge in [0.15, 0.2) is 5.17 Å². The van der Waals surface area contributed by atoms with Gasteiger partial charge in [0.1, 0.15) is 0 Å². The van der Waals surface area contributed by atoms with Crippen molar-refractivity contribution in [1.29, 1.82) is 0 Å². The maximum absolute atomic E-state index is 4.53. The molecule has 4 unspecified atom stereocenters. The Bertz CT molecular complexity index is 252. The Balaban J connectivity index is 1.86. The van der Waals surface area contributed by atoms with Gasteiger partial charge in [0.25, 0.3) is 0 Å². The first-order valence-corrected chi connectivity index (χ1v) is 7.06. The van der Waals surface area contributed by atoms with Crippen LogP contribution in [0.25, 0.3) is 0 Å². The Labute approximate surface area is 97.3 Å². The Morgan fingerprint density at radius 3 is 2.73 bits per heavy atom. The minimum atomic E-state index is 0.672. The lowest BCUT2D eigenvalue weighted by Crippen LogP contribution is -2.35. The summed E-state index contributed by atoms with van der Waals surface area (Å²) in [6, 6.07) is 0.673. The van der Waals surface area contributed by atoms with Crippen LogP contribution in [0.2, 0.25) is 0 Å².